The third kappa shape index (κ3) is 5.57. The molecule has 8 unspecified atom stereocenters. The number of amides is 1. The number of hydrogen-bond acceptors (Lipinski definition) is 9. The van der Waals surface area contributed by atoms with Gasteiger partial charge in [0.1, 0.15) is 11.5 Å². The summed E-state index contributed by atoms with van der Waals surface area (Å²) >= 11 is 0. The Morgan fingerprint density at radius 3 is 2.29 bits per heavy atom. The summed E-state index contributed by atoms with van der Waals surface area (Å²) in [5.41, 5.74) is -0.887. The zero-order valence-corrected chi connectivity index (χ0v) is 33.4. The van der Waals surface area contributed by atoms with Crippen molar-refractivity contribution in [3.8, 4) is 23.0 Å². The number of hydrogen-bond donors (Lipinski definition) is 2. The van der Waals surface area contributed by atoms with E-state index >= 15 is 0 Å². The monoisotopic (exact) mass is 765 g/mol. The van der Waals surface area contributed by atoms with Gasteiger partial charge < -0.3 is 38.5 Å². The van der Waals surface area contributed by atoms with Crippen LogP contribution in [-0.2, 0) is 17.8 Å². The number of allylic oxidation sites excluding steroid dienone is 4. The molecule has 3 saturated carbocycles. The van der Waals surface area contributed by atoms with Crippen LogP contribution in [-0.4, -0.2) is 73.5 Å². The van der Waals surface area contributed by atoms with Gasteiger partial charge in [0.15, 0.2) is 17.3 Å². The van der Waals surface area contributed by atoms with Crippen LogP contribution in [0.3, 0.4) is 0 Å². The molecule has 0 saturated heterocycles. The molecule has 1 aromatic heterocycles. The van der Waals surface area contributed by atoms with E-state index in [0.29, 0.717) is 48.0 Å². The van der Waals surface area contributed by atoms with E-state index in [2.05, 4.69) is 32.1 Å². The van der Waals surface area contributed by atoms with Crippen molar-refractivity contribution in [2.45, 2.75) is 83.5 Å². The molecule has 6 aliphatic carbocycles. The molecule has 56 heavy (non-hydrogen) atoms. The van der Waals surface area contributed by atoms with Crippen molar-refractivity contribution in [3.05, 3.63) is 95.5 Å². The van der Waals surface area contributed by atoms with Crippen LogP contribution in [0.1, 0.15) is 80.5 Å². The highest BCUT2D eigenvalue weighted by atomic mass is 16.5. The molecule has 3 aromatic rings. The van der Waals surface area contributed by atoms with Gasteiger partial charge in [0.25, 0.3) is 0 Å². The molecule has 9 rings (SSSR count). The normalized spacial score (nSPS) is 33.8. The maximum Gasteiger partial charge on any atom is 0.227 e. The molecule has 1 heterocycles. The fraction of sp³-hybridized carbons (Fsp3) is 0.522. The molecule has 1 amide bonds. The van der Waals surface area contributed by atoms with Crippen molar-refractivity contribution in [3.63, 3.8) is 0 Å². The first-order valence-electron chi connectivity index (χ1n) is 19.9. The van der Waals surface area contributed by atoms with Crippen LogP contribution < -0.4 is 18.9 Å². The lowest BCUT2D eigenvalue weighted by molar-refractivity contribution is -0.178. The Hall–Kier alpha value is -4.54. The molecule has 6 aliphatic rings. The highest BCUT2D eigenvalue weighted by molar-refractivity contribution is 6.08. The number of ether oxygens (including phenoxy) is 4. The predicted octanol–water partition coefficient (Wildman–Crippen LogP) is 7.36. The summed E-state index contributed by atoms with van der Waals surface area (Å²) in [6.07, 6.45) is 12.8. The number of aliphatic hydroxyl groups excluding tert-OH is 1. The molecular weight excluding hydrogens is 711 g/mol. The third-order valence-electron chi connectivity index (χ3n) is 15.2. The Labute approximate surface area is 329 Å². The number of nitrogens with zero attached hydrogens (tertiary/aromatic N) is 1. The minimum atomic E-state index is -1.27. The molecule has 3 fully saturated rings. The second kappa shape index (κ2) is 13.8. The smallest absolute Gasteiger partial charge is 0.227 e. The molecule has 8 atom stereocenters. The number of furan rings is 1. The summed E-state index contributed by atoms with van der Waals surface area (Å²) in [5, 5.41) is 24.3. The number of benzene rings is 2. The zero-order valence-electron chi connectivity index (χ0n) is 33.4. The van der Waals surface area contributed by atoms with Crippen LogP contribution in [0.2, 0.25) is 0 Å². The molecule has 2 N–H and O–H groups in total. The summed E-state index contributed by atoms with van der Waals surface area (Å²) < 4.78 is 28.0. The second-order valence-corrected chi connectivity index (χ2v) is 17.4. The standard InChI is InChI=1S/C46H55NO9/c1-42-16-13-31(48)25-44(42)19-20-46(33(26-44)41(50)35-8-7-21-56-35)38(42)14-17-43(2)39(46)15-18-45(43,51)28-47(27-30-10-11-32(52-3)24-36(30)54-5)40(49)23-29-9-12-34(53-4)37(22-29)55-6/h7-12,19-22,24,26,31,38-39,48,51H,13-18,23,25,27-28H2,1-6H3. The van der Waals surface area contributed by atoms with Crippen molar-refractivity contribution in [1.29, 1.82) is 0 Å². The van der Waals surface area contributed by atoms with Crippen LogP contribution in [0, 0.1) is 33.5 Å². The van der Waals surface area contributed by atoms with Crippen LogP contribution in [0.25, 0.3) is 0 Å². The summed E-state index contributed by atoms with van der Waals surface area (Å²) in [7, 11) is 6.35. The number of ketones is 1. The van der Waals surface area contributed by atoms with Crippen molar-refractivity contribution in [2.24, 2.45) is 33.5 Å². The van der Waals surface area contributed by atoms with Gasteiger partial charge in [-0.25, -0.2) is 0 Å². The highest BCUT2D eigenvalue weighted by Crippen LogP contribution is 2.78. The third-order valence-corrected chi connectivity index (χ3v) is 15.2. The van der Waals surface area contributed by atoms with E-state index in [1.54, 1.807) is 51.5 Å². The number of aliphatic hydroxyl groups is 2. The Bertz CT molecular complexity index is 2070. The molecule has 298 valence electrons. The van der Waals surface area contributed by atoms with Gasteiger partial charge in [-0.05, 0) is 104 Å². The lowest BCUT2D eigenvalue weighted by Crippen LogP contribution is -2.67. The van der Waals surface area contributed by atoms with Gasteiger partial charge in [-0.15, -0.1) is 0 Å². The largest absolute Gasteiger partial charge is 0.497 e. The van der Waals surface area contributed by atoms with Crippen molar-refractivity contribution in [1.82, 2.24) is 4.90 Å². The van der Waals surface area contributed by atoms with E-state index < -0.39 is 27.9 Å². The maximum absolute atomic E-state index is 14.6. The Kier molecular flexibility index (Phi) is 9.47. The van der Waals surface area contributed by atoms with Gasteiger partial charge >= 0.3 is 0 Å². The van der Waals surface area contributed by atoms with Gasteiger partial charge in [0.05, 0.1) is 59.4 Å². The Morgan fingerprint density at radius 2 is 1.57 bits per heavy atom. The van der Waals surface area contributed by atoms with Crippen molar-refractivity contribution >= 4 is 11.7 Å². The van der Waals surface area contributed by atoms with E-state index in [9.17, 15) is 19.8 Å². The number of carbonyl (C=O) groups is 2. The van der Waals surface area contributed by atoms with Gasteiger partial charge in [-0.2, -0.15) is 0 Å². The molecule has 0 aliphatic heterocycles. The quantitative estimate of drug-likeness (QED) is 0.144. The molecule has 2 aromatic carbocycles. The average Bonchev–Trinajstić information content (AvgIpc) is 3.83. The minimum absolute atomic E-state index is 0.0829. The molecule has 10 nitrogen and oxygen atoms in total. The number of Topliss-reactive ketones (excluding diaryl/α,β-unsaturated/α-hetero) is 1. The van der Waals surface area contributed by atoms with Gasteiger partial charge in [0.2, 0.25) is 11.7 Å². The molecule has 10 heteroatoms. The molecule has 2 bridgehead atoms. The first kappa shape index (κ1) is 38.3. The van der Waals surface area contributed by atoms with Gasteiger partial charge in [-0.1, -0.05) is 38.1 Å². The maximum atomic E-state index is 14.6. The number of carbonyl (C=O) groups excluding carboxylic acids is 2. The van der Waals surface area contributed by atoms with Gasteiger partial charge in [0, 0.05) is 40.0 Å². The summed E-state index contributed by atoms with van der Waals surface area (Å²) in [4.78, 5) is 31.0. The van der Waals surface area contributed by atoms with Crippen LogP contribution >= 0.6 is 0 Å². The van der Waals surface area contributed by atoms with E-state index in [-0.39, 0.29) is 48.5 Å². The zero-order chi connectivity index (χ0) is 39.7. The molecular formula is C46H55NO9. The summed E-state index contributed by atoms with van der Waals surface area (Å²) in [6.45, 7) is 4.87. The van der Waals surface area contributed by atoms with Crippen LogP contribution in [0.4, 0.5) is 0 Å². The van der Waals surface area contributed by atoms with Crippen LogP contribution in [0.15, 0.2) is 83.0 Å². The lowest BCUT2D eigenvalue weighted by atomic mass is 9.32. The van der Waals surface area contributed by atoms with E-state index in [0.717, 1.165) is 42.4 Å². The fourth-order valence-corrected chi connectivity index (χ4v) is 12.2. The van der Waals surface area contributed by atoms with Crippen molar-refractivity contribution in [2.75, 3.05) is 35.0 Å². The molecule has 0 radical (unpaired) electrons. The predicted molar refractivity (Wildman–Crippen MR) is 210 cm³/mol. The van der Waals surface area contributed by atoms with E-state index in [4.69, 9.17) is 23.4 Å². The summed E-state index contributed by atoms with van der Waals surface area (Å²) in [6, 6.07) is 14.5. The Balaban J connectivity index is 1.18. The minimum Gasteiger partial charge on any atom is -0.497 e. The number of fused-ring (bicyclic) bond motifs is 1. The van der Waals surface area contributed by atoms with E-state index in [1.807, 2.05) is 30.3 Å². The summed E-state index contributed by atoms with van der Waals surface area (Å²) in [5.74, 6) is 2.43. The van der Waals surface area contributed by atoms with E-state index in [1.165, 1.54) is 6.26 Å². The highest BCUT2D eigenvalue weighted by Gasteiger charge is 2.74. The molecule has 2 spiro atoms. The van der Waals surface area contributed by atoms with Gasteiger partial charge in [-0.3, -0.25) is 9.59 Å². The second-order valence-electron chi connectivity index (χ2n) is 17.4. The lowest BCUT2D eigenvalue weighted by Gasteiger charge is -2.71. The first-order chi connectivity index (χ1) is 26.8. The van der Waals surface area contributed by atoms with Crippen molar-refractivity contribution < 1.29 is 43.2 Å². The number of methoxy groups -OCH3 is 4. The number of rotatable bonds is 12. The SMILES string of the molecule is COc1ccc(CN(CC2(O)CCC3C45C=CC6(C=C4C(=O)c4ccco4)CC(O)CCC6(C)C5CCC32C)C(=O)Cc2ccc(OC)c(OC)c2)c(OC)c1. The topological polar surface area (TPSA) is 128 Å². The average molecular weight is 766 g/mol. The Morgan fingerprint density at radius 1 is 0.839 bits per heavy atom. The first-order valence-corrected chi connectivity index (χ1v) is 19.9. The van der Waals surface area contributed by atoms with Crippen LogP contribution in [0.5, 0.6) is 23.0 Å². The fourth-order valence-electron chi connectivity index (χ4n) is 12.2.